The lowest BCUT2D eigenvalue weighted by Gasteiger charge is -2.26. The van der Waals surface area contributed by atoms with Crippen molar-refractivity contribution in [2.45, 2.75) is 59.1 Å². The van der Waals surface area contributed by atoms with E-state index in [2.05, 4.69) is 15.0 Å². The van der Waals surface area contributed by atoms with Crippen LogP contribution in [-0.2, 0) is 16.6 Å². The highest BCUT2D eigenvalue weighted by Crippen LogP contribution is 2.39. The van der Waals surface area contributed by atoms with Gasteiger partial charge in [-0.2, -0.15) is 18.2 Å². The molecule has 0 aliphatic rings. The summed E-state index contributed by atoms with van der Waals surface area (Å²) < 4.78 is 53.9. The average Bonchev–Trinajstić information content (AvgIpc) is 2.76. The van der Waals surface area contributed by atoms with Crippen molar-refractivity contribution in [3.8, 4) is 22.8 Å². The van der Waals surface area contributed by atoms with Gasteiger partial charge in [0.05, 0.1) is 5.02 Å². The number of aromatic nitrogens is 3. The molecule has 2 aromatic carbocycles. The highest BCUT2D eigenvalue weighted by molar-refractivity contribution is 6.33. The van der Waals surface area contributed by atoms with E-state index in [9.17, 15) is 27.2 Å². The number of ketones is 1. The fraction of sp³-hybridized carbons (Fsp3) is 0.385. The van der Waals surface area contributed by atoms with E-state index < -0.39 is 34.3 Å². The number of aryl methyl sites for hydroxylation is 1. The molecular formula is C26H26ClF4N3O2. The number of nitrogens with zero attached hydrogens (tertiary/aromatic N) is 2. The Bertz CT molecular complexity index is 1360. The summed E-state index contributed by atoms with van der Waals surface area (Å²) in [5, 5.41) is 0.232. The minimum absolute atomic E-state index is 0.0393. The van der Waals surface area contributed by atoms with Crippen molar-refractivity contribution in [2.75, 3.05) is 0 Å². The number of aromatic amines is 1. The fourth-order valence-corrected chi connectivity index (χ4v) is 3.72. The van der Waals surface area contributed by atoms with E-state index in [4.69, 9.17) is 11.6 Å². The van der Waals surface area contributed by atoms with Gasteiger partial charge in [-0.15, -0.1) is 0 Å². The summed E-state index contributed by atoms with van der Waals surface area (Å²) in [4.78, 5) is 35.4. The molecule has 0 bridgehead atoms. The highest BCUT2D eigenvalue weighted by Gasteiger charge is 2.51. The number of H-pyrrole nitrogens is 1. The SMILES string of the molecule is CC(C)(C)c1cc(-c2nc(-c3cc(CCC(=O)C(C)(C)C(F)(F)F)ccc3Cl)[nH]c(=O)n2)ccc1F. The first kappa shape index (κ1) is 27.5. The van der Waals surface area contributed by atoms with Crippen molar-refractivity contribution in [3.63, 3.8) is 0 Å². The predicted octanol–water partition coefficient (Wildman–Crippen LogP) is 6.68. The largest absolute Gasteiger partial charge is 0.400 e. The van der Waals surface area contributed by atoms with Gasteiger partial charge in [0, 0.05) is 17.5 Å². The van der Waals surface area contributed by atoms with E-state index >= 15 is 0 Å². The lowest BCUT2D eigenvalue weighted by Crippen LogP contribution is -2.39. The van der Waals surface area contributed by atoms with Gasteiger partial charge in [0.25, 0.3) is 0 Å². The van der Waals surface area contributed by atoms with Gasteiger partial charge in [-0.1, -0.05) is 38.4 Å². The molecule has 0 saturated heterocycles. The van der Waals surface area contributed by atoms with Crippen LogP contribution in [0.1, 0.15) is 52.2 Å². The Labute approximate surface area is 211 Å². The van der Waals surface area contributed by atoms with Crippen LogP contribution in [0.15, 0.2) is 41.2 Å². The Morgan fingerprint density at radius 3 is 2.28 bits per heavy atom. The zero-order valence-corrected chi connectivity index (χ0v) is 21.2. The molecule has 0 amide bonds. The van der Waals surface area contributed by atoms with Gasteiger partial charge in [0.2, 0.25) is 0 Å². The quantitative estimate of drug-likeness (QED) is 0.366. The topological polar surface area (TPSA) is 75.7 Å². The summed E-state index contributed by atoms with van der Waals surface area (Å²) in [6.07, 6.45) is -4.94. The van der Waals surface area contributed by atoms with Crippen LogP contribution in [0.5, 0.6) is 0 Å². The smallest absolute Gasteiger partial charge is 0.299 e. The molecule has 10 heteroatoms. The number of rotatable bonds is 6. The first-order chi connectivity index (χ1) is 16.5. The van der Waals surface area contributed by atoms with Gasteiger partial charge in [-0.3, -0.25) is 9.78 Å². The summed E-state index contributed by atoms with van der Waals surface area (Å²) >= 11 is 6.33. The number of hydrogen-bond acceptors (Lipinski definition) is 4. The number of benzene rings is 2. The second kappa shape index (κ2) is 9.76. The summed E-state index contributed by atoms with van der Waals surface area (Å²) in [7, 11) is 0. The molecule has 192 valence electrons. The Balaban J connectivity index is 1.96. The molecule has 5 nitrogen and oxygen atoms in total. The van der Waals surface area contributed by atoms with Gasteiger partial charge in [-0.05, 0) is 67.1 Å². The molecule has 0 unspecified atom stereocenters. The van der Waals surface area contributed by atoms with E-state index in [-0.39, 0.29) is 29.5 Å². The zero-order valence-electron chi connectivity index (χ0n) is 20.5. The van der Waals surface area contributed by atoms with Crippen molar-refractivity contribution in [1.82, 2.24) is 15.0 Å². The van der Waals surface area contributed by atoms with Gasteiger partial charge >= 0.3 is 11.9 Å². The molecule has 0 saturated carbocycles. The van der Waals surface area contributed by atoms with Crippen molar-refractivity contribution in [3.05, 3.63) is 68.8 Å². The summed E-state index contributed by atoms with van der Waals surface area (Å²) in [6, 6.07) is 9.00. The Morgan fingerprint density at radius 2 is 1.67 bits per heavy atom. The van der Waals surface area contributed by atoms with Crippen molar-refractivity contribution in [2.24, 2.45) is 5.41 Å². The van der Waals surface area contributed by atoms with Crippen LogP contribution in [0, 0.1) is 11.2 Å². The Hall–Kier alpha value is -3.07. The van der Waals surface area contributed by atoms with Gasteiger partial charge in [-0.25, -0.2) is 14.2 Å². The number of carbonyl (C=O) groups excluding carboxylic acids is 1. The third kappa shape index (κ3) is 5.83. The first-order valence-corrected chi connectivity index (χ1v) is 11.6. The number of nitrogens with one attached hydrogen (secondary N) is 1. The van der Waals surface area contributed by atoms with Crippen LogP contribution >= 0.6 is 11.6 Å². The van der Waals surface area contributed by atoms with Gasteiger partial charge < -0.3 is 0 Å². The molecule has 0 aliphatic heterocycles. The molecule has 0 spiro atoms. The number of Topliss-reactive ketones (excluding diaryl/α,β-unsaturated/α-hetero) is 1. The molecule has 1 N–H and O–H groups in total. The van der Waals surface area contributed by atoms with E-state index in [1.165, 1.54) is 18.2 Å². The van der Waals surface area contributed by atoms with E-state index in [0.717, 1.165) is 13.8 Å². The summed E-state index contributed by atoms with van der Waals surface area (Å²) in [6.45, 7) is 7.27. The van der Waals surface area contributed by atoms with Crippen LogP contribution in [0.25, 0.3) is 22.8 Å². The lowest BCUT2D eigenvalue weighted by molar-refractivity contribution is -0.210. The molecule has 1 aromatic heterocycles. The van der Waals surface area contributed by atoms with E-state index in [1.54, 1.807) is 18.2 Å². The monoisotopic (exact) mass is 523 g/mol. The zero-order chi connectivity index (χ0) is 27.1. The third-order valence-electron chi connectivity index (χ3n) is 6.02. The molecular weight excluding hydrogens is 498 g/mol. The standard InChI is InChI=1S/C26H26ClF4N3O2/c1-24(2,3)17-13-15(8-10-19(17)28)21-32-22(34-23(36)33-21)16-12-14(6-9-18(16)27)7-11-20(35)25(4,5)26(29,30)31/h6,8-10,12-13H,7,11H2,1-5H3,(H,32,33,34,36). The second-order valence-corrected chi connectivity index (χ2v) is 10.5. The van der Waals surface area contributed by atoms with Crippen molar-refractivity contribution >= 4 is 17.4 Å². The third-order valence-corrected chi connectivity index (χ3v) is 6.35. The molecule has 3 aromatic rings. The molecule has 1 heterocycles. The number of carbonyl (C=O) groups is 1. The summed E-state index contributed by atoms with van der Waals surface area (Å²) in [5.74, 6) is -1.19. The number of hydrogen-bond donors (Lipinski definition) is 1. The predicted molar refractivity (Wildman–Crippen MR) is 130 cm³/mol. The van der Waals surface area contributed by atoms with Crippen molar-refractivity contribution in [1.29, 1.82) is 0 Å². The van der Waals surface area contributed by atoms with Gasteiger partial charge in [0.15, 0.2) is 5.82 Å². The lowest BCUT2D eigenvalue weighted by atomic mass is 9.84. The van der Waals surface area contributed by atoms with Crippen LogP contribution < -0.4 is 5.69 Å². The maximum atomic E-state index is 14.4. The Morgan fingerprint density at radius 1 is 1.00 bits per heavy atom. The van der Waals surface area contributed by atoms with Crippen LogP contribution in [0.3, 0.4) is 0 Å². The van der Waals surface area contributed by atoms with E-state index in [1.807, 2.05) is 20.8 Å². The molecule has 0 fully saturated rings. The van der Waals surface area contributed by atoms with Crippen LogP contribution in [0.2, 0.25) is 5.02 Å². The molecule has 0 atom stereocenters. The van der Waals surface area contributed by atoms with Crippen LogP contribution in [-0.4, -0.2) is 26.9 Å². The fourth-order valence-electron chi connectivity index (χ4n) is 3.52. The maximum Gasteiger partial charge on any atom is 0.400 e. The van der Waals surface area contributed by atoms with Crippen LogP contribution in [0.4, 0.5) is 17.6 Å². The maximum absolute atomic E-state index is 14.4. The molecule has 0 radical (unpaired) electrons. The second-order valence-electron chi connectivity index (χ2n) is 10.1. The van der Waals surface area contributed by atoms with E-state index in [0.29, 0.717) is 22.3 Å². The first-order valence-electron chi connectivity index (χ1n) is 11.2. The normalized spacial score (nSPS) is 12.6. The van der Waals surface area contributed by atoms with Gasteiger partial charge in [0.1, 0.15) is 22.8 Å². The molecule has 3 rings (SSSR count). The minimum Gasteiger partial charge on any atom is -0.299 e. The number of halogens is 5. The molecule has 0 aliphatic carbocycles. The Kier molecular flexibility index (Phi) is 7.46. The molecule has 36 heavy (non-hydrogen) atoms. The summed E-state index contributed by atoms with van der Waals surface area (Å²) in [5.41, 5.74) is -1.96. The average molecular weight is 524 g/mol. The minimum atomic E-state index is -4.65. The highest BCUT2D eigenvalue weighted by atomic mass is 35.5. The number of alkyl halides is 3. The van der Waals surface area contributed by atoms with Crippen molar-refractivity contribution < 1.29 is 22.4 Å².